The molecular formula is C23H24N2OSi. The highest BCUT2D eigenvalue weighted by Gasteiger charge is 2.52. The fourth-order valence-corrected chi connectivity index (χ4v) is 8.22. The maximum atomic E-state index is 7.01. The Morgan fingerprint density at radius 2 is 1.41 bits per heavy atom. The molecule has 0 unspecified atom stereocenters. The zero-order chi connectivity index (χ0) is 18.9. The summed E-state index contributed by atoms with van der Waals surface area (Å²) in [6.07, 6.45) is 1.72. The fraction of sp³-hybridized carbons (Fsp3) is 0.174. The van der Waals surface area contributed by atoms with Crippen LogP contribution in [0.3, 0.4) is 0 Å². The predicted octanol–water partition coefficient (Wildman–Crippen LogP) is 4.50. The molecule has 136 valence electrons. The number of H-pyrrole nitrogens is 1. The SMILES string of the molecule is CC(C)(C)[Si](Oc1ccc2nc[nH]c2c1)(c1ccccc1)c1ccccc1. The van der Waals surface area contributed by atoms with E-state index in [0.29, 0.717) is 0 Å². The van der Waals surface area contributed by atoms with Gasteiger partial charge >= 0.3 is 8.32 Å². The van der Waals surface area contributed by atoms with Gasteiger partial charge < -0.3 is 9.41 Å². The summed E-state index contributed by atoms with van der Waals surface area (Å²) in [6, 6.07) is 27.5. The summed E-state index contributed by atoms with van der Waals surface area (Å²) in [5, 5.41) is 2.49. The van der Waals surface area contributed by atoms with Crippen LogP contribution in [0.25, 0.3) is 11.0 Å². The Morgan fingerprint density at radius 1 is 0.815 bits per heavy atom. The Labute approximate surface area is 161 Å². The molecule has 3 aromatic carbocycles. The third-order valence-electron chi connectivity index (χ3n) is 5.08. The van der Waals surface area contributed by atoms with E-state index in [9.17, 15) is 0 Å². The molecule has 4 aromatic rings. The molecular weight excluding hydrogens is 348 g/mol. The van der Waals surface area contributed by atoms with Crippen LogP contribution in [-0.4, -0.2) is 18.3 Å². The van der Waals surface area contributed by atoms with E-state index >= 15 is 0 Å². The van der Waals surface area contributed by atoms with Crippen molar-refractivity contribution >= 4 is 29.7 Å². The maximum Gasteiger partial charge on any atom is 0.319 e. The van der Waals surface area contributed by atoms with Gasteiger partial charge in [0.15, 0.2) is 0 Å². The second-order valence-corrected chi connectivity index (χ2v) is 12.1. The molecule has 0 aliphatic rings. The van der Waals surface area contributed by atoms with Crippen LogP contribution in [-0.2, 0) is 0 Å². The molecule has 0 fully saturated rings. The van der Waals surface area contributed by atoms with Crippen molar-refractivity contribution in [3.8, 4) is 5.75 Å². The average molecular weight is 373 g/mol. The van der Waals surface area contributed by atoms with E-state index < -0.39 is 8.32 Å². The normalized spacial score (nSPS) is 12.3. The first-order chi connectivity index (χ1) is 13.0. The number of fused-ring (bicyclic) bond motifs is 1. The molecule has 0 aliphatic heterocycles. The van der Waals surface area contributed by atoms with Crippen LogP contribution in [0.5, 0.6) is 5.75 Å². The van der Waals surface area contributed by atoms with Crippen molar-refractivity contribution in [3.05, 3.63) is 85.2 Å². The Hall–Kier alpha value is -2.85. The summed E-state index contributed by atoms with van der Waals surface area (Å²) in [6.45, 7) is 6.86. The molecule has 0 amide bonds. The highest BCUT2D eigenvalue weighted by atomic mass is 28.4. The van der Waals surface area contributed by atoms with Gasteiger partial charge in [-0.2, -0.15) is 0 Å². The minimum Gasteiger partial charge on any atom is -0.534 e. The van der Waals surface area contributed by atoms with E-state index in [1.807, 2.05) is 12.1 Å². The molecule has 4 heteroatoms. The van der Waals surface area contributed by atoms with Crippen LogP contribution in [0.4, 0.5) is 0 Å². The van der Waals surface area contributed by atoms with E-state index in [0.717, 1.165) is 16.8 Å². The number of hydrogen-bond donors (Lipinski definition) is 1. The number of nitrogens with one attached hydrogen (secondary N) is 1. The standard InChI is InChI=1S/C23H24N2OSi/c1-23(2,3)27(19-10-6-4-7-11-19,20-12-8-5-9-13-20)26-18-14-15-21-22(16-18)25-17-24-21/h4-17H,1-3H3,(H,24,25). The lowest BCUT2D eigenvalue weighted by molar-refractivity contribution is 0.509. The number of aromatic amines is 1. The van der Waals surface area contributed by atoms with Crippen LogP contribution >= 0.6 is 0 Å². The molecule has 0 spiro atoms. The number of aromatic nitrogens is 2. The van der Waals surface area contributed by atoms with Gasteiger partial charge in [-0.1, -0.05) is 81.4 Å². The molecule has 0 saturated heterocycles. The molecule has 0 radical (unpaired) electrons. The first kappa shape index (κ1) is 17.6. The molecule has 0 aliphatic carbocycles. The summed E-state index contributed by atoms with van der Waals surface area (Å²) in [7, 11) is -2.59. The summed E-state index contributed by atoms with van der Waals surface area (Å²) in [5.41, 5.74) is 1.94. The fourth-order valence-electron chi connectivity index (χ4n) is 3.80. The van der Waals surface area contributed by atoms with Crippen LogP contribution in [0, 0.1) is 0 Å². The van der Waals surface area contributed by atoms with Crippen molar-refractivity contribution in [1.29, 1.82) is 0 Å². The predicted molar refractivity (Wildman–Crippen MR) is 114 cm³/mol. The van der Waals surface area contributed by atoms with Gasteiger partial charge in [-0.15, -0.1) is 0 Å². The first-order valence-corrected chi connectivity index (χ1v) is 11.1. The van der Waals surface area contributed by atoms with Gasteiger partial charge in [0.05, 0.1) is 17.4 Å². The van der Waals surface area contributed by atoms with Gasteiger partial charge in [0.2, 0.25) is 0 Å². The van der Waals surface area contributed by atoms with Gasteiger partial charge in [0.25, 0.3) is 0 Å². The van der Waals surface area contributed by atoms with Crippen LogP contribution < -0.4 is 14.8 Å². The minimum atomic E-state index is -2.59. The van der Waals surface area contributed by atoms with Crippen LogP contribution in [0.2, 0.25) is 5.04 Å². The van der Waals surface area contributed by atoms with Crippen LogP contribution in [0.1, 0.15) is 20.8 Å². The van der Waals surface area contributed by atoms with Gasteiger partial charge in [0, 0.05) is 6.07 Å². The molecule has 0 saturated carbocycles. The van der Waals surface area contributed by atoms with Crippen LogP contribution in [0.15, 0.2) is 85.2 Å². The monoisotopic (exact) mass is 372 g/mol. The molecule has 27 heavy (non-hydrogen) atoms. The summed E-state index contributed by atoms with van der Waals surface area (Å²) in [5.74, 6) is 0.876. The maximum absolute atomic E-state index is 7.01. The van der Waals surface area contributed by atoms with Gasteiger partial charge in [-0.25, -0.2) is 4.98 Å². The van der Waals surface area contributed by atoms with E-state index in [1.165, 1.54) is 10.4 Å². The van der Waals surface area contributed by atoms with E-state index in [2.05, 4.69) is 97.5 Å². The molecule has 0 atom stereocenters. The minimum absolute atomic E-state index is 0.0569. The first-order valence-electron chi connectivity index (χ1n) is 9.24. The van der Waals surface area contributed by atoms with Crippen molar-refractivity contribution in [2.45, 2.75) is 25.8 Å². The lowest BCUT2D eigenvalue weighted by Gasteiger charge is -2.43. The molecule has 1 N–H and O–H groups in total. The molecule has 1 aromatic heterocycles. The van der Waals surface area contributed by atoms with Gasteiger partial charge in [-0.3, -0.25) is 0 Å². The summed E-state index contributed by atoms with van der Waals surface area (Å²) >= 11 is 0. The Kier molecular flexibility index (Phi) is 4.36. The second kappa shape index (κ2) is 6.71. The van der Waals surface area contributed by atoms with Crippen molar-refractivity contribution in [2.24, 2.45) is 0 Å². The van der Waals surface area contributed by atoms with E-state index in [-0.39, 0.29) is 5.04 Å². The largest absolute Gasteiger partial charge is 0.534 e. The van der Waals surface area contributed by atoms with E-state index in [4.69, 9.17) is 4.43 Å². The lowest BCUT2D eigenvalue weighted by Crippen LogP contribution is -2.68. The zero-order valence-electron chi connectivity index (χ0n) is 15.9. The Morgan fingerprint density at radius 3 is 1.96 bits per heavy atom. The van der Waals surface area contributed by atoms with Crippen molar-refractivity contribution in [1.82, 2.24) is 9.97 Å². The number of benzene rings is 3. The van der Waals surface area contributed by atoms with E-state index in [1.54, 1.807) is 6.33 Å². The van der Waals surface area contributed by atoms with Gasteiger partial charge in [0.1, 0.15) is 5.75 Å². The Bertz CT molecular complexity index is 997. The molecule has 1 heterocycles. The summed E-state index contributed by atoms with van der Waals surface area (Å²) < 4.78 is 7.01. The smallest absolute Gasteiger partial charge is 0.319 e. The van der Waals surface area contributed by atoms with Crippen molar-refractivity contribution < 1.29 is 4.43 Å². The lowest BCUT2D eigenvalue weighted by atomic mass is 10.2. The highest BCUT2D eigenvalue weighted by Crippen LogP contribution is 2.37. The zero-order valence-corrected chi connectivity index (χ0v) is 16.9. The summed E-state index contributed by atoms with van der Waals surface area (Å²) in [4.78, 5) is 7.51. The quantitative estimate of drug-likeness (QED) is 0.536. The van der Waals surface area contributed by atoms with Crippen molar-refractivity contribution in [3.63, 3.8) is 0 Å². The number of hydrogen-bond acceptors (Lipinski definition) is 2. The third kappa shape index (κ3) is 3.06. The third-order valence-corrected chi connectivity index (χ3v) is 10.0. The molecule has 0 bridgehead atoms. The number of imidazole rings is 1. The topological polar surface area (TPSA) is 37.9 Å². The number of nitrogens with zero attached hydrogens (tertiary/aromatic N) is 1. The second-order valence-electron chi connectivity index (χ2n) is 7.85. The molecule has 3 nitrogen and oxygen atoms in total. The Balaban J connectivity index is 1.94. The van der Waals surface area contributed by atoms with Gasteiger partial charge in [-0.05, 0) is 27.5 Å². The molecule has 4 rings (SSSR count). The highest BCUT2D eigenvalue weighted by molar-refractivity contribution is 7.00. The van der Waals surface area contributed by atoms with Crippen molar-refractivity contribution in [2.75, 3.05) is 0 Å². The average Bonchev–Trinajstić information content (AvgIpc) is 3.14. The number of rotatable bonds is 4.